The molecule has 2 nitrogen and oxygen atoms in total. The second-order valence-corrected chi connectivity index (χ2v) is 4.39. The van der Waals surface area contributed by atoms with Crippen LogP contribution in [0.4, 0.5) is 0 Å². The molecule has 0 spiro atoms. The standard InChI is InChI=1S/C9H12ClNOS/c1-7-2-3-8(13-7)4-5-11-9(12)6-10/h2-3H,4-6H2,1H3,(H,11,12). The Labute approximate surface area is 86.9 Å². The second kappa shape index (κ2) is 5.25. The normalized spacial score (nSPS) is 10.0. The van der Waals surface area contributed by atoms with Crippen molar-refractivity contribution < 1.29 is 4.79 Å². The molecular weight excluding hydrogens is 206 g/mol. The summed E-state index contributed by atoms with van der Waals surface area (Å²) in [5, 5.41) is 2.73. The highest BCUT2D eigenvalue weighted by Gasteiger charge is 1.99. The zero-order chi connectivity index (χ0) is 9.68. The van der Waals surface area contributed by atoms with E-state index in [0.29, 0.717) is 6.54 Å². The molecule has 4 heteroatoms. The molecule has 1 amide bonds. The molecule has 0 bridgehead atoms. The molecule has 1 rings (SSSR count). The lowest BCUT2D eigenvalue weighted by atomic mass is 10.3. The van der Waals surface area contributed by atoms with Gasteiger partial charge in [-0.2, -0.15) is 0 Å². The molecule has 1 heterocycles. The van der Waals surface area contributed by atoms with E-state index in [1.54, 1.807) is 11.3 Å². The minimum Gasteiger partial charge on any atom is -0.355 e. The zero-order valence-electron chi connectivity index (χ0n) is 7.47. The Morgan fingerprint density at radius 2 is 2.38 bits per heavy atom. The Kier molecular flexibility index (Phi) is 4.25. The van der Waals surface area contributed by atoms with Gasteiger partial charge >= 0.3 is 0 Å². The molecule has 0 aromatic carbocycles. The predicted molar refractivity (Wildman–Crippen MR) is 56.5 cm³/mol. The van der Waals surface area contributed by atoms with Crippen molar-refractivity contribution in [2.45, 2.75) is 13.3 Å². The molecule has 0 saturated heterocycles. The molecule has 0 aliphatic rings. The van der Waals surface area contributed by atoms with Crippen LogP contribution in [0.15, 0.2) is 12.1 Å². The lowest BCUT2D eigenvalue weighted by molar-refractivity contribution is -0.118. The first kappa shape index (κ1) is 10.5. The van der Waals surface area contributed by atoms with E-state index >= 15 is 0 Å². The van der Waals surface area contributed by atoms with Crippen molar-refractivity contribution in [2.75, 3.05) is 12.4 Å². The molecule has 0 unspecified atom stereocenters. The SMILES string of the molecule is Cc1ccc(CCNC(=O)CCl)s1. The molecule has 0 atom stereocenters. The van der Waals surface area contributed by atoms with Crippen molar-refractivity contribution >= 4 is 28.8 Å². The predicted octanol–water partition coefficient (Wildman–Crippen LogP) is 1.95. The number of halogens is 1. The van der Waals surface area contributed by atoms with Crippen LogP contribution in [0, 0.1) is 6.92 Å². The third-order valence-corrected chi connectivity index (χ3v) is 2.91. The number of aryl methyl sites for hydroxylation is 1. The summed E-state index contributed by atoms with van der Waals surface area (Å²) in [6.45, 7) is 2.75. The third kappa shape index (κ3) is 3.79. The summed E-state index contributed by atoms with van der Waals surface area (Å²) in [5.41, 5.74) is 0. The van der Waals surface area contributed by atoms with Gasteiger partial charge in [-0.3, -0.25) is 4.79 Å². The van der Waals surface area contributed by atoms with Crippen LogP contribution in [0.1, 0.15) is 9.75 Å². The van der Waals surface area contributed by atoms with E-state index in [0.717, 1.165) is 6.42 Å². The molecule has 1 aromatic heterocycles. The summed E-state index contributed by atoms with van der Waals surface area (Å²) in [5.74, 6) is -0.0568. The van der Waals surface area contributed by atoms with E-state index in [1.807, 2.05) is 0 Å². The highest BCUT2D eigenvalue weighted by atomic mass is 35.5. The summed E-state index contributed by atoms with van der Waals surface area (Å²) in [4.78, 5) is 13.4. The number of carbonyl (C=O) groups is 1. The number of nitrogens with one attached hydrogen (secondary N) is 1. The largest absolute Gasteiger partial charge is 0.355 e. The summed E-state index contributed by atoms with van der Waals surface area (Å²) in [6, 6.07) is 4.18. The Morgan fingerprint density at radius 3 is 2.92 bits per heavy atom. The van der Waals surface area contributed by atoms with Gasteiger partial charge in [0.15, 0.2) is 0 Å². The number of carbonyl (C=O) groups excluding carboxylic acids is 1. The van der Waals surface area contributed by atoms with Gasteiger partial charge in [-0.1, -0.05) is 0 Å². The van der Waals surface area contributed by atoms with E-state index in [9.17, 15) is 4.79 Å². The van der Waals surface area contributed by atoms with Crippen LogP contribution < -0.4 is 5.32 Å². The van der Waals surface area contributed by atoms with Gasteiger partial charge in [0.05, 0.1) is 0 Å². The van der Waals surface area contributed by atoms with Crippen LogP contribution in [0.5, 0.6) is 0 Å². The summed E-state index contributed by atoms with van der Waals surface area (Å²) >= 11 is 7.09. The quantitative estimate of drug-likeness (QED) is 0.768. The van der Waals surface area contributed by atoms with Gasteiger partial charge in [0, 0.05) is 16.3 Å². The van der Waals surface area contributed by atoms with Gasteiger partial charge in [-0.05, 0) is 25.5 Å². The first-order valence-corrected chi connectivity index (χ1v) is 5.45. The van der Waals surface area contributed by atoms with Crippen LogP contribution in [0.25, 0.3) is 0 Å². The summed E-state index contributed by atoms with van der Waals surface area (Å²) in [6.07, 6.45) is 0.890. The first-order valence-electron chi connectivity index (χ1n) is 4.10. The average molecular weight is 218 g/mol. The maximum absolute atomic E-state index is 10.8. The maximum atomic E-state index is 10.8. The van der Waals surface area contributed by atoms with Gasteiger partial charge in [-0.15, -0.1) is 22.9 Å². The van der Waals surface area contributed by atoms with Crippen LogP contribution in [0.2, 0.25) is 0 Å². The minimum atomic E-state index is -0.102. The fourth-order valence-corrected chi connectivity index (χ4v) is 1.98. The summed E-state index contributed by atoms with van der Waals surface area (Å²) < 4.78 is 0. The Balaban J connectivity index is 2.24. The van der Waals surface area contributed by atoms with E-state index < -0.39 is 0 Å². The highest BCUT2D eigenvalue weighted by Crippen LogP contribution is 2.14. The lowest BCUT2D eigenvalue weighted by Crippen LogP contribution is -2.26. The number of rotatable bonds is 4. The molecule has 0 saturated carbocycles. The second-order valence-electron chi connectivity index (χ2n) is 2.75. The number of hydrogen-bond acceptors (Lipinski definition) is 2. The number of amides is 1. The van der Waals surface area contributed by atoms with Crippen LogP contribution in [0.3, 0.4) is 0 Å². The molecule has 1 aromatic rings. The van der Waals surface area contributed by atoms with Crippen molar-refractivity contribution in [1.29, 1.82) is 0 Å². The van der Waals surface area contributed by atoms with Crippen molar-refractivity contribution in [1.82, 2.24) is 5.32 Å². The smallest absolute Gasteiger partial charge is 0.234 e. The van der Waals surface area contributed by atoms with Gasteiger partial charge < -0.3 is 5.32 Å². The molecule has 0 fully saturated rings. The molecule has 1 N–H and O–H groups in total. The van der Waals surface area contributed by atoms with E-state index in [-0.39, 0.29) is 11.8 Å². The van der Waals surface area contributed by atoms with Crippen molar-refractivity contribution in [3.05, 3.63) is 21.9 Å². The van der Waals surface area contributed by atoms with E-state index in [1.165, 1.54) is 9.75 Å². The van der Waals surface area contributed by atoms with Gasteiger partial charge in [-0.25, -0.2) is 0 Å². The molecular formula is C9H12ClNOS. The number of hydrogen-bond donors (Lipinski definition) is 1. The van der Waals surface area contributed by atoms with Gasteiger partial charge in [0.25, 0.3) is 0 Å². The van der Waals surface area contributed by atoms with Crippen LogP contribution in [-0.4, -0.2) is 18.3 Å². The average Bonchev–Trinajstić information content (AvgIpc) is 2.51. The fourth-order valence-electron chi connectivity index (χ4n) is 0.992. The van der Waals surface area contributed by atoms with Crippen LogP contribution in [-0.2, 0) is 11.2 Å². The van der Waals surface area contributed by atoms with Crippen molar-refractivity contribution in [3.8, 4) is 0 Å². The molecule has 0 aliphatic heterocycles. The minimum absolute atomic E-state index is 0.0451. The van der Waals surface area contributed by atoms with Crippen molar-refractivity contribution in [2.24, 2.45) is 0 Å². The maximum Gasteiger partial charge on any atom is 0.234 e. The topological polar surface area (TPSA) is 29.1 Å². The Morgan fingerprint density at radius 1 is 1.62 bits per heavy atom. The van der Waals surface area contributed by atoms with E-state index in [2.05, 4.69) is 24.4 Å². The van der Waals surface area contributed by atoms with Crippen molar-refractivity contribution in [3.63, 3.8) is 0 Å². The number of alkyl halides is 1. The molecule has 13 heavy (non-hydrogen) atoms. The van der Waals surface area contributed by atoms with Gasteiger partial charge in [0.1, 0.15) is 5.88 Å². The lowest BCUT2D eigenvalue weighted by Gasteiger charge is -1.99. The molecule has 0 aliphatic carbocycles. The van der Waals surface area contributed by atoms with E-state index in [4.69, 9.17) is 11.6 Å². The van der Waals surface area contributed by atoms with Gasteiger partial charge in [0.2, 0.25) is 5.91 Å². The molecule has 0 radical (unpaired) electrons. The highest BCUT2D eigenvalue weighted by molar-refractivity contribution is 7.11. The fraction of sp³-hybridized carbons (Fsp3) is 0.444. The van der Waals surface area contributed by atoms with Crippen LogP contribution >= 0.6 is 22.9 Å². The summed E-state index contributed by atoms with van der Waals surface area (Å²) in [7, 11) is 0. The third-order valence-electron chi connectivity index (χ3n) is 1.61. The Bertz CT molecular complexity index is 285. The zero-order valence-corrected chi connectivity index (χ0v) is 9.04. The number of thiophene rings is 1. The first-order chi connectivity index (χ1) is 6.22. The monoisotopic (exact) mass is 217 g/mol. The Hall–Kier alpha value is -0.540. The molecule has 72 valence electrons.